The van der Waals surface area contributed by atoms with E-state index in [1.807, 2.05) is 38.1 Å². The SMILES string of the molecule is COc1ccc(S(=O)(=O)N(C)C)cc1CCC(=O)NC1CC(C)(C)Oc2ccccc21. The normalized spacial score (nSPS) is 17.5. The molecular formula is C23H30N2O5S. The van der Waals surface area contributed by atoms with E-state index >= 15 is 0 Å². The summed E-state index contributed by atoms with van der Waals surface area (Å²) in [4.78, 5) is 13.0. The van der Waals surface area contributed by atoms with E-state index in [9.17, 15) is 13.2 Å². The lowest BCUT2D eigenvalue weighted by atomic mass is 9.89. The average molecular weight is 447 g/mol. The number of methoxy groups -OCH3 is 1. The van der Waals surface area contributed by atoms with Crippen LogP contribution >= 0.6 is 0 Å². The van der Waals surface area contributed by atoms with Crippen LogP contribution < -0.4 is 14.8 Å². The first-order valence-electron chi connectivity index (χ1n) is 10.2. The maximum atomic E-state index is 12.8. The predicted octanol–water partition coefficient (Wildman–Crippen LogP) is 3.30. The molecule has 0 spiro atoms. The highest BCUT2D eigenvalue weighted by atomic mass is 32.2. The number of carbonyl (C=O) groups excluding carboxylic acids is 1. The number of hydrogen-bond acceptors (Lipinski definition) is 5. The number of fused-ring (bicyclic) bond motifs is 1. The van der Waals surface area contributed by atoms with Crippen molar-refractivity contribution in [3.8, 4) is 11.5 Å². The van der Waals surface area contributed by atoms with Crippen LogP contribution in [0.25, 0.3) is 0 Å². The number of nitrogens with one attached hydrogen (secondary N) is 1. The molecule has 3 rings (SSSR count). The third kappa shape index (κ3) is 5.19. The maximum Gasteiger partial charge on any atom is 0.242 e. The van der Waals surface area contributed by atoms with Crippen molar-refractivity contribution >= 4 is 15.9 Å². The fraction of sp³-hybridized carbons (Fsp3) is 0.435. The summed E-state index contributed by atoms with van der Waals surface area (Å²) in [6, 6.07) is 12.3. The van der Waals surface area contributed by atoms with Crippen LogP contribution in [0.3, 0.4) is 0 Å². The molecule has 7 nitrogen and oxygen atoms in total. The number of para-hydroxylation sites is 1. The van der Waals surface area contributed by atoms with Crippen molar-refractivity contribution in [2.24, 2.45) is 0 Å². The van der Waals surface area contributed by atoms with Crippen molar-refractivity contribution in [1.82, 2.24) is 9.62 Å². The summed E-state index contributed by atoms with van der Waals surface area (Å²) >= 11 is 0. The minimum Gasteiger partial charge on any atom is -0.496 e. The van der Waals surface area contributed by atoms with Gasteiger partial charge >= 0.3 is 0 Å². The van der Waals surface area contributed by atoms with Gasteiger partial charge in [-0.25, -0.2) is 12.7 Å². The largest absolute Gasteiger partial charge is 0.496 e. The van der Waals surface area contributed by atoms with E-state index in [0.717, 1.165) is 15.6 Å². The molecule has 0 radical (unpaired) electrons. The van der Waals surface area contributed by atoms with E-state index < -0.39 is 10.0 Å². The van der Waals surface area contributed by atoms with Gasteiger partial charge in [0.25, 0.3) is 0 Å². The van der Waals surface area contributed by atoms with E-state index in [4.69, 9.17) is 9.47 Å². The van der Waals surface area contributed by atoms with E-state index in [1.54, 1.807) is 12.1 Å². The monoisotopic (exact) mass is 446 g/mol. The van der Waals surface area contributed by atoms with Crippen molar-refractivity contribution in [3.63, 3.8) is 0 Å². The third-order valence-corrected chi connectivity index (χ3v) is 7.17. The molecule has 0 fully saturated rings. The number of carbonyl (C=O) groups is 1. The zero-order chi connectivity index (χ0) is 22.8. The zero-order valence-corrected chi connectivity index (χ0v) is 19.5. The standard InChI is InChI=1S/C23H30N2O5S/c1-23(2)15-19(18-8-6-7-9-21(18)30-23)24-22(26)13-10-16-14-17(11-12-20(16)29-5)31(27,28)25(3)4/h6-9,11-12,14,19H,10,13,15H2,1-5H3,(H,24,26). The quantitative estimate of drug-likeness (QED) is 0.705. The van der Waals surface area contributed by atoms with Crippen LogP contribution in [0, 0.1) is 0 Å². The Bertz CT molecular complexity index is 1060. The lowest BCUT2D eigenvalue weighted by Crippen LogP contribution is -2.41. The minimum atomic E-state index is -3.57. The molecule has 0 aromatic heterocycles. The Labute approximate surface area is 184 Å². The molecule has 0 saturated heterocycles. The average Bonchev–Trinajstić information content (AvgIpc) is 2.71. The van der Waals surface area contributed by atoms with Gasteiger partial charge in [0.2, 0.25) is 15.9 Å². The van der Waals surface area contributed by atoms with Crippen molar-refractivity contribution < 1.29 is 22.7 Å². The zero-order valence-electron chi connectivity index (χ0n) is 18.6. The smallest absolute Gasteiger partial charge is 0.242 e. The molecule has 2 aromatic rings. The molecule has 0 bridgehead atoms. The van der Waals surface area contributed by atoms with E-state index in [0.29, 0.717) is 24.2 Å². The second kappa shape index (κ2) is 8.88. The Morgan fingerprint density at radius 2 is 1.94 bits per heavy atom. The molecule has 2 aromatic carbocycles. The Kier molecular flexibility index (Phi) is 6.62. The van der Waals surface area contributed by atoms with E-state index in [2.05, 4.69) is 5.32 Å². The minimum absolute atomic E-state index is 0.111. The summed E-state index contributed by atoms with van der Waals surface area (Å²) in [6.07, 6.45) is 1.23. The van der Waals surface area contributed by atoms with Crippen LogP contribution in [0.4, 0.5) is 0 Å². The third-order valence-electron chi connectivity index (χ3n) is 5.36. The fourth-order valence-corrected chi connectivity index (χ4v) is 4.72. The summed E-state index contributed by atoms with van der Waals surface area (Å²) < 4.78 is 37.5. The molecular weight excluding hydrogens is 416 g/mol. The number of nitrogens with zero attached hydrogens (tertiary/aromatic N) is 1. The van der Waals surface area contributed by atoms with Crippen LogP contribution in [0.15, 0.2) is 47.4 Å². The Balaban J connectivity index is 1.74. The Hall–Kier alpha value is -2.58. The van der Waals surface area contributed by atoms with Gasteiger partial charge in [0.05, 0.1) is 18.0 Å². The second-order valence-corrected chi connectivity index (χ2v) is 10.6. The van der Waals surface area contributed by atoms with E-state index in [1.165, 1.54) is 27.3 Å². The van der Waals surface area contributed by atoms with Gasteiger partial charge in [-0.05, 0) is 50.1 Å². The Morgan fingerprint density at radius 1 is 1.23 bits per heavy atom. The van der Waals surface area contributed by atoms with Gasteiger partial charge in [0.1, 0.15) is 17.1 Å². The molecule has 168 valence electrons. The van der Waals surface area contributed by atoms with Crippen LogP contribution in [-0.2, 0) is 21.2 Å². The molecule has 1 aliphatic heterocycles. The first-order chi connectivity index (χ1) is 14.5. The summed E-state index contributed by atoms with van der Waals surface area (Å²) in [5.41, 5.74) is 1.25. The number of hydrogen-bond donors (Lipinski definition) is 1. The van der Waals surface area contributed by atoms with Gasteiger partial charge in [-0.1, -0.05) is 18.2 Å². The van der Waals surface area contributed by atoms with E-state index in [-0.39, 0.29) is 28.9 Å². The number of rotatable bonds is 7. The summed E-state index contributed by atoms with van der Waals surface area (Å²) in [6.45, 7) is 4.01. The van der Waals surface area contributed by atoms with Gasteiger partial charge in [0.15, 0.2) is 0 Å². The van der Waals surface area contributed by atoms with Crippen molar-refractivity contribution in [1.29, 1.82) is 0 Å². The van der Waals surface area contributed by atoms with Gasteiger partial charge in [-0.2, -0.15) is 0 Å². The van der Waals surface area contributed by atoms with Crippen LogP contribution in [0.1, 0.15) is 43.9 Å². The lowest BCUT2D eigenvalue weighted by Gasteiger charge is -2.37. The molecule has 1 amide bonds. The molecule has 8 heteroatoms. The molecule has 1 heterocycles. The van der Waals surface area contributed by atoms with Crippen molar-refractivity contribution in [3.05, 3.63) is 53.6 Å². The number of ether oxygens (including phenoxy) is 2. The van der Waals surface area contributed by atoms with Gasteiger partial charge in [-0.15, -0.1) is 0 Å². The Morgan fingerprint density at radius 3 is 2.61 bits per heavy atom. The highest BCUT2D eigenvalue weighted by Gasteiger charge is 2.34. The lowest BCUT2D eigenvalue weighted by molar-refractivity contribution is -0.122. The topological polar surface area (TPSA) is 84.9 Å². The first-order valence-corrected chi connectivity index (χ1v) is 11.6. The molecule has 0 aliphatic carbocycles. The number of benzene rings is 2. The molecule has 1 aliphatic rings. The molecule has 1 atom stereocenters. The summed E-state index contributed by atoms with van der Waals surface area (Å²) in [5, 5.41) is 3.12. The molecule has 0 saturated carbocycles. The number of aryl methyl sites for hydroxylation is 1. The van der Waals surface area contributed by atoms with Gasteiger partial charge in [0, 0.05) is 32.5 Å². The predicted molar refractivity (Wildman–Crippen MR) is 119 cm³/mol. The number of sulfonamides is 1. The van der Waals surface area contributed by atoms with Gasteiger partial charge < -0.3 is 14.8 Å². The van der Waals surface area contributed by atoms with Crippen LogP contribution in [0.5, 0.6) is 11.5 Å². The highest BCUT2D eigenvalue weighted by molar-refractivity contribution is 7.89. The highest BCUT2D eigenvalue weighted by Crippen LogP contribution is 2.39. The maximum absolute atomic E-state index is 12.8. The first kappa shape index (κ1) is 23.1. The molecule has 1 N–H and O–H groups in total. The molecule has 1 unspecified atom stereocenters. The van der Waals surface area contributed by atoms with Crippen molar-refractivity contribution in [2.45, 2.75) is 49.6 Å². The van der Waals surface area contributed by atoms with Crippen LogP contribution in [0.2, 0.25) is 0 Å². The fourth-order valence-electron chi connectivity index (χ4n) is 3.77. The summed E-state index contributed by atoms with van der Waals surface area (Å²) in [7, 11) is 0.931. The molecule has 31 heavy (non-hydrogen) atoms. The van der Waals surface area contributed by atoms with Gasteiger partial charge in [-0.3, -0.25) is 4.79 Å². The second-order valence-electron chi connectivity index (χ2n) is 8.48. The summed E-state index contributed by atoms with van der Waals surface area (Å²) in [5.74, 6) is 1.23. The van der Waals surface area contributed by atoms with Crippen molar-refractivity contribution in [2.75, 3.05) is 21.2 Å². The van der Waals surface area contributed by atoms with Crippen LogP contribution in [-0.4, -0.2) is 45.4 Å². The number of amides is 1.